The quantitative estimate of drug-likeness (QED) is 0.212. The fraction of sp³-hybridized carbons (Fsp3) is 0.455. The second-order valence-corrected chi connectivity index (χ2v) is 14.0. The van der Waals surface area contributed by atoms with E-state index in [9.17, 15) is 4.39 Å². The zero-order valence-corrected chi connectivity index (χ0v) is 20.7. The molecule has 1 aromatic carbocycles. The van der Waals surface area contributed by atoms with Crippen molar-refractivity contribution in [3.63, 3.8) is 0 Å². The monoisotopic (exact) mass is 534 g/mol. The molecule has 0 saturated heterocycles. The molecule has 31 heavy (non-hydrogen) atoms. The standard InChI is InChI=1S/C21H27FN6O.CH3.Sb/c1-12(2)16(11-24)21(25)29-15-7-6-13(8-15)18-9-19(28-27-18)26-17-5-3-4-14(10-23)20(17)22;;/h3,5,9,11-13,15,23-24H,6-8,10,25H2,1-2H3,(H2,26,27,28);1H3;/q-1;;+1/b21-16-,24-11?;;. The third kappa shape index (κ3) is 4.60. The SMILES string of the molecule is CC(C)/C(C=N)=C(/N)OC1CCC(c2cc(Nc3cc[c]4c(c3F)C[NH][Sb]4[CH3])n[nH]2)C1. The van der Waals surface area contributed by atoms with Crippen LogP contribution < -0.4 is 18.0 Å². The molecule has 1 fully saturated rings. The maximum atomic E-state index is 14.9. The molecule has 6 N–H and O–H groups in total. The summed E-state index contributed by atoms with van der Waals surface area (Å²) in [4.78, 5) is 2.22. The summed E-state index contributed by atoms with van der Waals surface area (Å²) in [6.45, 7) is 4.62. The van der Waals surface area contributed by atoms with Gasteiger partial charge in [-0.1, -0.05) is 13.8 Å². The van der Waals surface area contributed by atoms with Gasteiger partial charge in [0.15, 0.2) is 5.88 Å². The molecule has 2 unspecified atom stereocenters. The molecule has 0 spiro atoms. The fourth-order valence-electron chi connectivity index (χ4n) is 4.32. The van der Waals surface area contributed by atoms with Crippen LogP contribution in [0.15, 0.2) is 29.7 Å². The topological polar surface area (TPSA) is 112 Å². The van der Waals surface area contributed by atoms with Crippen molar-refractivity contribution in [2.24, 2.45) is 11.7 Å². The summed E-state index contributed by atoms with van der Waals surface area (Å²) in [6.07, 6.45) is 3.98. The van der Waals surface area contributed by atoms with Crippen LogP contribution in [0.2, 0.25) is 4.87 Å². The van der Waals surface area contributed by atoms with Crippen LogP contribution in [0, 0.1) is 17.1 Å². The summed E-state index contributed by atoms with van der Waals surface area (Å²) in [5.74, 6) is 1.22. The Morgan fingerprint density at radius 2 is 2.23 bits per heavy atom. The molecule has 1 saturated carbocycles. The summed E-state index contributed by atoms with van der Waals surface area (Å²) in [7, 11) is 0. The number of allylic oxidation sites excluding steroid dienone is 1. The molecule has 1 aliphatic heterocycles. The predicted molar refractivity (Wildman–Crippen MR) is 123 cm³/mol. The molecule has 1 aliphatic carbocycles. The summed E-state index contributed by atoms with van der Waals surface area (Å²) in [5.41, 5.74) is 9.09. The average Bonchev–Trinajstić information content (AvgIpc) is 3.45. The Labute approximate surface area is 189 Å². The first-order chi connectivity index (χ1) is 14.9. The molecule has 0 amide bonds. The van der Waals surface area contributed by atoms with E-state index in [0.29, 0.717) is 23.9 Å². The number of aromatic nitrogens is 2. The van der Waals surface area contributed by atoms with Gasteiger partial charge in [0.25, 0.3) is 0 Å². The number of H-pyrrole nitrogens is 1. The summed E-state index contributed by atoms with van der Waals surface area (Å²) < 4.78 is 25.5. The number of benzene rings is 1. The van der Waals surface area contributed by atoms with Crippen molar-refractivity contribution in [1.82, 2.24) is 13.7 Å². The Morgan fingerprint density at radius 3 is 2.97 bits per heavy atom. The number of hydrogen-bond acceptors (Lipinski definition) is 6. The summed E-state index contributed by atoms with van der Waals surface area (Å²) >= 11 is -1.64. The Hall–Kier alpha value is -2.05. The molecule has 7 nitrogen and oxygen atoms in total. The number of hydrogen-bond donors (Lipinski definition) is 5. The molecule has 4 rings (SSSR count). The molecule has 9 heteroatoms. The van der Waals surface area contributed by atoms with Crippen LogP contribution >= 0.6 is 0 Å². The van der Waals surface area contributed by atoms with Crippen molar-refractivity contribution in [3.8, 4) is 0 Å². The third-order valence-corrected chi connectivity index (χ3v) is 11.2. The van der Waals surface area contributed by atoms with Crippen LogP contribution in [-0.2, 0) is 11.3 Å². The fourth-order valence-corrected chi connectivity index (χ4v) is 8.45. The van der Waals surface area contributed by atoms with E-state index in [1.54, 1.807) is 0 Å². The maximum absolute atomic E-state index is 14.9. The van der Waals surface area contributed by atoms with Crippen LogP contribution in [0.25, 0.3) is 0 Å². The van der Waals surface area contributed by atoms with Gasteiger partial charge in [0.05, 0.1) is 0 Å². The number of halogens is 1. The predicted octanol–water partition coefficient (Wildman–Crippen LogP) is 3.35. The van der Waals surface area contributed by atoms with Gasteiger partial charge in [0.1, 0.15) is 0 Å². The van der Waals surface area contributed by atoms with Gasteiger partial charge in [0.2, 0.25) is 0 Å². The first kappa shape index (κ1) is 22.2. The number of fused-ring (bicyclic) bond motifs is 1. The van der Waals surface area contributed by atoms with E-state index in [2.05, 4.69) is 23.9 Å². The molecule has 0 bridgehead atoms. The van der Waals surface area contributed by atoms with Crippen molar-refractivity contribution in [2.45, 2.75) is 56.5 Å². The summed E-state index contributed by atoms with van der Waals surface area (Å²) in [5, 5.41) is 18.1. The molecule has 2 aliphatic rings. The van der Waals surface area contributed by atoms with Crippen LogP contribution in [0.5, 0.6) is 0 Å². The second-order valence-electron chi connectivity index (χ2n) is 8.52. The molecule has 2 atom stereocenters. The van der Waals surface area contributed by atoms with Crippen molar-refractivity contribution >= 4 is 41.7 Å². The van der Waals surface area contributed by atoms with E-state index in [0.717, 1.165) is 36.1 Å². The van der Waals surface area contributed by atoms with Crippen molar-refractivity contribution in [3.05, 3.63) is 46.7 Å². The summed E-state index contributed by atoms with van der Waals surface area (Å²) in [6, 6.07) is 5.82. The van der Waals surface area contributed by atoms with E-state index in [4.69, 9.17) is 15.9 Å². The first-order valence-corrected chi connectivity index (χ1v) is 15.8. The molecular weight excluding hydrogens is 505 g/mol. The van der Waals surface area contributed by atoms with Crippen LogP contribution in [0.1, 0.15) is 50.3 Å². The van der Waals surface area contributed by atoms with Crippen LogP contribution in [0.4, 0.5) is 15.9 Å². The van der Waals surface area contributed by atoms with Gasteiger partial charge in [-0.2, -0.15) is 0 Å². The number of rotatable bonds is 7. The number of nitrogens with two attached hydrogens (primary N) is 1. The van der Waals surface area contributed by atoms with Gasteiger partial charge in [-0.25, -0.2) is 0 Å². The Balaban J connectivity index is 1.41. The van der Waals surface area contributed by atoms with E-state index >= 15 is 0 Å². The third-order valence-electron chi connectivity index (χ3n) is 6.11. The Bertz CT molecular complexity index is 1000. The Kier molecular flexibility index (Phi) is 6.58. The van der Waals surface area contributed by atoms with E-state index in [-0.39, 0.29) is 23.8 Å². The van der Waals surface area contributed by atoms with Crippen molar-refractivity contribution in [1.29, 1.82) is 5.41 Å². The normalized spacial score (nSPS) is 21.8. The average molecular weight is 535 g/mol. The van der Waals surface area contributed by atoms with Gasteiger partial charge in [-0.15, -0.1) is 0 Å². The molecule has 2 aromatic rings. The second kappa shape index (κ2) is 9.21. The number of nitrogens with one attached hydrogen (secondary N) is 4. The van der Waals surface area contributed by atoms with E-state index < -0.39 is 20.5 Å². The van der Waals surface area contributed by atoms with Crippen LogP contribution in [-0.4, -0.2) is 43.0 Å². The minimum atomic E-state index is -1.64. The minimum absolute atomic E-state index is 0.0209. The van der Waals surface area contributed by atoms with Gasteiger partial charge >= 0.3 is 142 Å². The number of nitrogens with zero attached hydrogens (tertiary/aromatic N) is 1. The van der Waals surface area contributed by atoms with Gasteiger partial charge in [-0.05, 0) is 5.92 Å². The van der Waals surface area contributed by atoms with Crippen LogP contribution in [0.3, 0.4) is 0 Å². The van der Waals surface area contributed by atoms with Gasteiger partial charge in [0, 0.05) is 11.8 Å². The van der Waals surface area contributed by atoms with Gasteiger partial charge in [-0.3, -0.25) is 0 Å². The van der Waals surface area contributed by atoms with Gasteiger partial charge < -0.3 is 11.1 Å². The first-order valence-electron chi connectivity index (χ1n) is 10.6. The molecule has 2 heterocycles. The molecule has 166 valence electrons. The Morgan fingerprint density at radius 1 is 1.42 bits per heavy atom. The van der Waals surface area contributed by atoms with Crippen molar-refractivity contribution in [2.75, 3.05) is 5.32 Å². The number of ether oxygens (including phenoxy) is 1. The molecule has 0 radical (unpaired) electrons. The zero-order chi connectivity index (χ0) is 22.1. The molecular formula is C22H30FN6OSb. The zero-order valence-electron chi connectivity index (χ0n) is 18.1. The van der Waals surface area contributed by atoms with Crippen molar-refractivity contribution < 1.29 is 9.13 Å². The molecule has 1 aromatic heterocycles. The number of anilines is 2. The number of aromatic amines is 1. The van der Waals surface area contributed by atoms with E-state index in [1.165, 1.54) is 9.72 Å². The van der Waals surface area contributed by atoms with E-state index in [1.807, 2.05) is 32.0 Å².